The van der Waals surface area contributed by atoms with Crippen LogP contribution < -0.4 is 0 Å². The molecule has 9 heteroatoms. The van der Waals surface area contributed by atoms with E-state index in [4.69, 9.17) is 4.74 Å². The number of ether oxygens (including phenoxy) is 1. The zero-order valence-corrected chi connectivity index (χ0v) is 20.2. The minimum absolute atomic E-state index is 0.00114. The summed E-state index contributed by atoms with van der Waals surface area (Å²) in [6.07, 6.45) is 10.2. The molecule has 1 fully saturated rings. The zero-order chi connectivity index (χ0) is 23.8. The molecule has 1 saturated heterocycles. The number of carbonyl (C=O) groups is 2. The summed E-state index contributed by atoms with van der Waals surface area (Å²) in [4.78, 5) is 26.9. The molecule has 1 amide bonds. The van der Waals surface area contributed by atoms with Gasteiger partial charge in [-0.3, -0.25) is 9.59 Å². The molecule has 0 aliphatic carbocycles. The number of sulfonamides is 1. The third-order valence-corrected chi connectivity index (χ3v) is 7.85. The molecule has 1 atom stereocenters. The molecule has 0 N–H and O–H groups in total. The summed E-state index contributed by atoms with van der Waals surface area (Å²) in [6.45, 7) is 2.30. The standard InChI is InChI=1S/C24H33N3O5S/c1-3-4-5-6-7-8-17-26-18-22(24(29)32-2)27(19-23(26)28)33(30,31)21-13-11-20(12-14-21)25-15-9-10-16-25/h9-16,22H,3-8,17-19H2,1-2H3. The van der Waals surface area contributed by atoms with Gasteiger partial charge in [0.2, 0.25) is 15.9 Å². The number of esters is 1. The number of piperazine rings is 1. The molecule has 0 saturated carbocycles. The highest BCUT2D eigenvalue weighted by molar-refractivity contribution is 7.89. The zero-order valence-electron chi connectivity index (χ0n) is 19.4. The maximum Gasteiger partial charge on any atom is 0.326 e. The van der Waals surface area contributed by atoms with Crippen LogP contribution in [0.2, 0.25) is 0 Å². The molecule has 1 aliphatic rings. The highest BCUT2D eigenvalue weighted by atomic mass is 32.2. The summed E-state index contributed by atoms with van der Waals surface area (Å²) < 4.78 is 34.5. The van der Waals surface area contributed by atoms with Gasteiger partial charge in [0.05, 0.1) is 18.6 Å². The maximum atomic E-state index is 13.4. The molecule has 33 heavy (non-hydrogen) atoms. The summed E-state index contributed by atoms with van der Waals surface area (Å²) >= 11 is 0. The van der Waals surface area contributed by atoms with E-state index in [1.807, 2.05) is 29.1 Å². The third-order valence-electron chi connectivity index (χ3n) is 5.99. The molecule has 0 radical (unpaired) electrons. The lowest BCUT2D eigenvalue weighted by atomic mass is 10.1. The predicted octanol–water partition coefficient (Wildman–Crippen LogP) is 3.21. The first-order valence-corrected chi connectivity index (χ1v) is 12.9. The van der Waals surface area contributed by atoms with Gasteiger partial charge in [-0.1, -0.05) is 39.0 Å². The second-order valence-electron chi connectivity index (χ2n) is 8.28. The van der Waals surface area contributed by atoms with E-state index in [2.05, 4.69) is 6.92 Å². The molecule has 180 valence electrons. The molecule has 2 heterocycles. The van der Waals surface area contributed by atoms with E-state index in [1.54, 1.807) is 17.0 Å². The lowest BCUT2D eigenvalue weighted by molar-refractivity contribution is -0.151. The fourth-order valence-electron chi connectivity index (χ4n) is 4.06. The lowest BCUT2D eigenvalue weighted by Crippen LogP contribution is -2.60. The summed E-state index contributed by atoms with van der Waals surface area (Å²) in [5, 5.41) is 0. The molecule has 1 aromatic heterocycles. The summed E-state index contributed by atoms with van der Waals surface area (Å²) in [7, 11) is -2.84. The average Bonchev–Trinajstić information content (AvgIpc) is 3.36. The normalized spacial score (nSPS) is 17.3. The fraction of sp³-hybridized carbons (Fsp3) is 0.500. The number of hydrogen-bond acceptors (Lipinski definition) is 5. The first-order chi connectivity index (χ1) is 15.9. The van der Waals surface area contributed by atoms with Gasteiger partial charge in [0.1, 0.15) is 6.04 Å². The lowest BCUT2D eigenvalue weighted by Gasteiger charge is -2.38. The Labute approximate surface area is 196 Å². The monoisotopic (exact) mass is 475 g/mol. The average molecular weight is 476 g/mol. The van der Waals surface area contributed by atoms with Gasteiger partial charge in [-0.15, -0.1) is 0 Å². The molecular formula is C24H33N3O5S. The minimum Gasteiger partial charge on any atom is -0.468 e. The van der Waals surface area contributed by atoms with Crippen molar-refractivity contribution in [2.75, 3.05) is 26.7 Å². The summed E-state index contributed by atoms with van der Waals surface area (Å²) in [6, 6.07) is 9.05. The summed E-state index contributed by atoms with van der Waals surface area (Å²) in [5.74, 6) is -0.959. The van der Waals surface area contributed by atoms with E-state index < -0.39 is 22.0 Å². The molecule has 0 spiro atoms. The van der Waals surface area contributed by atoms with Crippen molar-refractivity contribution in [1.29, 1.82) is 0 Å². The van der Waals surface area contributed by atoms with E-state index >= 15 is 0 Å². The Morgan fingerprint density at radius 1 is 1.03 bits per heavy atom. The number of nitrogens with zero attached hydrogens (tertiary/aromatic N) is 3. The second-order valence-corrected chi connectivity index (χ2v) is 10.2. The first kappa shape index (κ1) is 25.0. The molecular weight excluding hydrogens is 442 g/mol. The number of amides is 1. The van der Waals surface area contributed by atoms with Crippen molar-refractivity contribution >= 4 is 21.9 Å². The SMILES string of the molecule is CCCCCCCCN1CC(C(=O)OC)N(S(=O)(=O)c2ccc(-n3cccc3)cc2)CC1=O. The Balaban J connectivity index is 1.72. The van der Waals surface area contributed by atoms with E-state index in [0.29, 0.717) is 6.54 Å². The van der Waals surface area contributed by atoms with Crippen molar-refractivity contribution in [3.63, 3.8) is 0 Å². The number of benzene rings is 1. The Bertz CT molecular complexity index is 1020. The highest BCUT2D eigenvalue weighted by Crippen LogP contribution is 2.24. The van der Waals surface area contributed by atoms with Gasteiger partial charge in [-0.2, -0.15) is 4.31 Å². The Morgan fingerprint density at radius 2 is 1.67 bits per heavy atom. The Morgan fingerprint density at radius 3 is 2.30 bits per heavy atom. The van der Waals surface area contributed by atoms with Gasteiger partial charge in [0.25, 0.3) is 0 Å². The van der Waals surface area contributed by atoms with E-state index in [0.717, 1.165) is 29.3 Å². The number of unbranched alkanes of at least 4 members (excludes halogenated alkanes) is 5. The van der Waals surface area contributed by atoms with Crippen LogP contribution in [-0.4, -0.2) is 66.9 Å². The van der Waals surface area contributed by atoms with Crippen LogP contribution in [0.3, 0.4) is 0 Å². The quantitative estimate of drug-likeness (QED) is 0.368. The largest absolute Gasteiger partial charge is 0.468 e. The van der Waals surface area contributed by atoms with Crippen LogP contribution in [0.5, 0.6) is 0 Å². The molecule has 1 aliphatic heterocycles. The van der Waals surface area contributed by atoms with Crippen molar-refractivity contribution < 1.29 is 22.7 Å². The van der Waals surface area contributed by atoms with Gasteiger partial charge in [-0.25, -0.2) is 8.42 Å². The number of aromatic nitrogens is 1. The number of methoxy groups -OCH3 is 1. The smallest absolute Gasteiger partial charge is 0.326 e. The van der Waals surface area contributed by atoms with Crippen molar-refractivity contribution in [2.24, 2.45) is 0 Å². The minimum atomic E-state index is -4.07. The molecule has 3 rings (SSSR count). The van der Waals surface area contributed by atoms with Gasteiger partial charge in [0, 0.05) is 31.2 Å². The van der Waals surface area contributed by atoms with Crippen LogP contribution in [0.1, 0.15) is 45.4 Å². The molecule has 1 unspecified atom stereocenters. The van der Waals surface area contributed by atoms with E-state index in [9.17, 15) is 18.0 Å². The van der Waals surface area contributed by atoms with Crippen molar-refractivity contribution in [3.05, 3.63) is 48.8 Å². The highest BCUT2D eigenvalue weighted by Gasteiger charge is 2.43. The van der Waals surface area contributed by atoms with Gasteiger partial charge in [-0.05, 0) is 42.8 Å². The Hall–Kier alpha value is -2.65. The molecule has 8 nitrogen and oxygen atoms in total. The van der Waals surface area contributed by atoms with Crippen LogP contribution in [0, 0.1) is 0 Å². The maximum absolute atomic E-state index is 13.4. The third kappa shape index (κ3) is 6.03. The molecule has 1 aromatic carbocycles. The van der Waals surface area contributed by atoms with Crippen LogP contribution >= 0.6 is 0 Å². The van der Waals surface area contributed by atoms with Crippen LogP contribution in [0.15, 0.2) is 53.7 Å². The van der Waals surface area contributed by atoms with E-state index in [-0.39, 0.29) is 23.9 Å². The van der Waals surface area contributed by atoms with Crippen LogP contribution in [-0.2, 0) is 24.3 Å². The fourth-order valence-corrected chi connectivity index (χ4v) is 5.58. The van der Waals surface area contributed by atoms with Gasteiger partial charge in [0.15, 0.2) is 0 Å². The van der Waals surface area contributed by atoms with Gasteiger partial charge >= 0.3 is 5.97 Å². The molecule has 0 bridgehead atoms. The van der Waals surface area contributed by atoms with E-state index in [1.165, 1.54) is 38.5 Å². The molecule has 2 aromatic rings. The van der Waals surface area contributed by atoms with Crippen molar-refractivity contribution in [1.82, 2.24) is 13.8 Å². The number of carbonyl (C=O) groups excluding carboxylic acids is 2. The predicted molar refractivity (Wildman–Crippen MR) is 125 cm³/mol. The summed E-state index contributed by atoms with van der Waals surface area (Å²) in [5.41, 5.74) is 0.809. The Kier molecular flexibility index (Phi) is 8.68. The number of hydrogen-bond donors (Lipinski definition) is 0. The van der Waals surface area contributed by atoms with Crippen LogP contribution in [0.4, 0.5) is 0 Å². The van der Waals surface area contributed by atoms with Crippen molar-refractivity contribution in [3.8, 4) is 5.69 Å². The van der Waals surface area contributed by atoms with Crippen LogP contribution in [0.25, 0.3) is 5.69 Å². The van der Waals surface area contributed by atoms with Crippen molar-refractivity contribution in [2.45, 2.75) is 56.4 Å². The first-order valence-electron chi connectivity index (χ1n) is 11.5. The number of rotatable bonds is 11. The van der Waals surface area contributed by atoms with Gasteiger partial charge < -0.3 is 14.2 Å². The second kappa shape index (κ2) is 11.5. The topological polar surface area (TPSA) is 88.9 Å².